The van der Waals surface area contributed by atoms with Gasteiger partial charge >= 0.3 is 0 Å². The molecule has 0 aliphatic carbocycles. The van der Waals surface area contributed by atoms with E-state index in [1.165, 1.54) is 0 Å². The Morgan fingerprint density at radius 1 is 1.10 bits per heavy atom. The predicted octanol–water partition coefficient (Wildman–Crippen LogP) is 4.17. The Balaban J connectivity index is 1.31. The van der Waals surface area contributed by atoms with Crippen molar-refractivity contribution in [1.82, 2.24) is 4.90 Å². The van der Waals surface area contributed by atoms with Gasteiger partial charge in [0.2, 0.25) is 5.91 Å². The summed E-state index contributed by atoms with van der Waals surface area (Å²) in [4.78, 5) is 28.9. The van der Waals surface area contributed by atoms with Crippen LogP contribution in [0.2, 0.25) is 0 Å². The number of amides is 2. The Labute approximate surface area is 184 Å². The maximum atomic E-state index is 12.6. The first-order valence-corrected chi connectivity index (χ1v) is 11.2. The van der Waals surface area contributed by atoms with Crippen LogP contribution in [0.5, 0.6) is 5.75 Å². The van der Waals surface area contributed by atoms with Crippen molar-refractivity contribution in [1.29, 1.82) is 0 Å². The second-order valence-corrected chi connectivity index (χ2v) is 8.81. The van der Waals surface area contributed by atoms with Gasteiger partial charge in [-0.1, -0.05) is 13.8 Å². The van der Waals surface area contributed by atoms with Crippen molar-refractivity contribution in [2.24, 2.45) is 5.92 Å². The molecule has 0 bridgehead atoms. The van der Waals surface area contributed by atoms with E-state index in [2.05, 4.69) is 24.1 Å². The van der Waals surface area contributed by atoms with Gasteiger partial charge in [-0.3, -0.25) is 9.59 Å². The highest BCUT2D eigenvalue weighted by Gasteiger charge is 2.33. The molecule has 2 saturated heterocycles. The van der Waals surface area contributed by atoms with Crippen LogP contribution in [-0.2, 0) is 4.79 Å². The van der Waals surface area contributed by atoms with Crippen LogP contribution in [0.3, 0.4) is 0 Å². The molecule has 0 saturated carbocycles. The number of nitrogens with zero attached hydrogens (tertiary/aromatic N) is 2. The van der Waals surface area contributed by atoms with E-state index in [0.29, 0.717) is 36.5 Å². The van der Waals surface area contributed by atoms with Gasteiger partial charge in [0.25, 0.3) is 5.91 Å². The van der Waals surface area contributed by atoms with Crippen LogP contribution in [0.1, 0.15) is 43.5 Å². The van der Waals surface area contributed by atoms with Gasteiger partial charge in [0, 0.05) is 43.0 Å². The minimum atomic E-state index is -0.142. The second-order valence-electron chi connectivity index (χ2n) is 8.81. The van der Waals surface area contributed by atoms with E-state index in [1.807, 2.05) is 41.3 Å². The monoisotopic (exact) mass is 421 g/mol. The standard InChI is InChI=1S/C25H31N3O3/c1-18(2)17-31-23-11-5-19(6-12-23)25(30)26-20-7-9-21(10-8-20)27-15-13-22(16-27)28-14-3-4-24(28)29/h5-12,18,22H,3-4,13-17H2,1-2H3,(H,26,30). The van der Waals surface area contributed by atoms with Crippen LogP contribution in [-0.4, -0.2) is 49.0 Å². The number of hydrogen-bond acceptors (Lipinski definition) is 4. The fourth-order valence-electron chi connectivity index (χ4n) is 4.21. The maximum Gasteiger partial charge on any atom is 0.255 e. The van der Waals surface area contributed by atoms with Gasteiger partial charge in [0.15, 0.2) is 0 Å². The van der Waals surface area contributed by atoms with E-state index >= 15 is 0 Å². The molecule has 0 spiro atoms. The Morgan fingerprint density at radius 3 is 2.48 bits per heavy atom. The number of anilines is 2. The number of likely N-dealkylation sites (tertiary alicyclic amines) is 1. The number of rotatable bonds is 7. The predicted molar refractivity (Wildman–Crippen MR) is 123 cm³/mol. The molecule has 1 N–H and O–H groups in total. The van der Waals surface area contributed by atoms with Crippen LogP contribution in [0.4, 0.5) is 11.4 Å². The zero-order chi connectivity index (χ0) is 21.8. The summed E-state index contributed by atoms with van der Waals surface area (Å²) in [5.74, 6) is 1.38. The largest absolute Gasteiger partial charge is 0.493 e. The highest BCUT2D eigenvalue weighted by molar-refractivity contribution is 6.04. The molecule has 0 aromatic heterocycles. The second kappa shape index (κ2) is 9.41. The lowest BCUT2D eigenvalue weighted by Crippen LogP contribution is -2.38. The molecule has 2 aliphatic rings. The number of carbonyl (C=O) groups excluding carboxylic acids is 2. The SMILES string of the molecule is CC(C)COc1ccc(C(=O)Nc2ccc(N3CCC(N4CCCC4=O)C3)cc2)cc1. The highest BCUT2D eigenvalue weighted by Crippen LogP contribution is 2.27. The fourth-order valence-corrected chi connectivity index (χ4v) is 4.21. The first-order chi connectivity index (χ1) is 15.0. The number of benzene rings is 2. The average molecular weight is 422 g/mol. The van der Waals surface area contributed by atoms with Crippen molar-refractivity contribution in [3.8, 4) is 5.75 Å². The Bertz CT molecular complexity index is 909. The molecular formula is C25H31N3O3. The molecule has 1 unspecified atom stereocenters. The summed E-state index contributed by atoms with van der Waals surface area (Å²) in [5.41, 5.74) is 2.48. The third kappa shape index (κ3) is 5.19. The van der Waals surface area contributed by atoms with Crippen LogP contribution < -0.4 is 15.0 Å². The smallest absolute Gasteiger partial charge is 0.255 e. The first kappa shape index (κ1) is 21.2. The average Bonchev–Trinajstić information content (AvgIpc) is 3.42. The van der Waals surface area contributed by atoms with Crippen molar-refractivity contribution < 1.29 is 14.3 Å². The third-order valence-corrected chi connectivity index (χ3v) is 5.90. The van der Waals surface area contributed by atoms with Crippen LogP contribution >= 0.6 is 0 Å². The van der Waals surface area contributed by atoms with Crippen LogP contribution in [0.25, 0.3) is 0 Å². The molecular weight excluding hydrogens is 390 g/mol. The molecule has 2 heterocycles. The Kier molecular flexibility index (Phi) is 6.44. The Morgan fingerprint density at radius 2 is 1.84 bits per heavy atom. The first-order valence-electron chi connectivity index (χ1n) is 11.2. The molecule has 164 valence electrons. The van der Waals surface area contributed by atoms with Gasteiger partial charge in [-0.2, -0.15) is 0 Å². The minimum absolute atomic E-state index is 0.142. The molecule has 6 nitrogen and oxygen atoms in total. The molecule has 2 fully saturated rings. The summed E-state index contributed by atoms with van der Waals surface area (Å²) >= 11 is 0. The number of ether oxygens (including phenoxy) is 1. The summed E-state index contributed by atoms with van der Waals surface area (Å²) in [6.07, 6.45) is 2.69. The number of carbonyl (C=O) groups is 2. The molecule has 2 aromatic carbocycles. The molecule has 4 rings (SSSR count). The molecule has 6 heteroatoms. The maximum absolute atomic E-state index is 12.6. The quantitative estimate of drug-likeness (QED) is 0.729. The van der Waals surface area contributed by atoms with Gasteiger partial charge in [0.05, 0.1) is 12.6 Å². The zero-order valence-corrected chi connectivity index (χ0v) is 18.3. The summed E-state index contributed by atoms with van der Waals surface area (Å²) in [7, 11) is 0. The van der Waals surface area contributed by atoms with Crippen LogP contribution in [0.15, 0.2) is 48.5 Å². The number of nitrogens with one attached hydrogen (secondary N) is 1. The zero-order valence-electron chi connectivity index (χ0n) is 18.3. The highest BCUT2D eigenvalue weighted by atomic mass is 16.5. The fraction of sp³-hybridized carbons (Fsp3) is 0.440. The molecule has 1 atom stereocenters. The van der Waals surface area contributed by atoms with E-state index in [9.17, 15) is 9.59 Å². The van der Waals surface area contributed by atoms with E-state index in [1.54, 1.807) is 12.1 Å². The summed E-state index contributed by atoms with van der Waals surface area (Å²) < 4.78 is 5.67. The molecule has 0 radical (unpaired) electrons. The van der Waals surface area contributed by atoms with Gasteiger partial charge < -0.3 is 19.9 Å². The van der Waals surface area contributed by atoms with E-state index in [0.717, 1.165) is 49.6 Å². The third-order valence-electron chi connectivity index (χ3n) is 5.90. The lowest BCUT2D eigenvalue weighted by atomic mass is 10.2. The van der Waals surface area contributed by atoms with Crippen molar-refractivity contribution in [2.75, 3.05) is 36.5 Å². The molecule has 31 heavy (non-hydrogen) atoms. The Hall–Kier alpha value is -3.02. The topological polar surface area (TPSA) is 61.9 Å². The van der Waals surface area contributed by atoms with E-state index < -0.39 is 0 Å². The lowest BCUT2D eigenvalue weighted by molar-refractivity contribution is -0.129. The van der Waals surface area contributed by atoms with E-state index in [4.69, 9.17) is 4.74 Å². The van der Waals surface area contributed by atoms with Gasteiger partial charge in [-0.05, 0) is 67.3 Å². The molecule has 2 aliphatic heterocycles. The van der Waals surface area contributed by atoms with Gasteiger partial charge in [-0.25, -0.2) is 0 Å². The molecule has 2 amide bonds. The van der Waals surface area contributed by atoms with Crippen LogP contribution in [0, 0.1) is 5.92 Å². The van der Waals surface area contributed by atoms with E-state index in [-0.39, 0.29) is 5.91 Å². The van der Waals surface area contributed by atoms with Crippen molar-refractivity contribution >= 4 is 23.2 Å². The van der Waals surface area contributed by atoms with Crippen molar-refractivity contribution in [2.45, 2.75) is 39.2 Å². The normalized spacial score (nSPS) is 18.7. The van der Waals surface area contributed by atoms with Crippen molar-refractivity contribution in [3.05, 3.63) is 54.1 Å². The molecule has 2 aromatic rings. The number of hydrogen-bond donors (Lipinski definition) is 1. The van der Waals surface area contributed by atoms with Gasteiger partial charge in [0.1, 0.15) is 5.75 Å². The summed E-state index contributed by atoms with van der Waals surface area (Å²) in [5, 5.41) is 2.95. The summed E-state index contributed by atoms with van der Waals surface area (Å²) in [6.45, 7) is 7.58. The summed E-state index contributed by atoms with van der Waals surface area (Å²) in [6, 6.07) is 15.5. The van der Waals surface area contributed by atoms with Crippen molar-refractivity contribution in [3.63, 3.8) is 0 Å². The lowest BCUT2D eigenvalue weighted by Gasteiger charge is -2.25. The van der Waals surface area contributed by atoms with Gasteiger partial charge in [-0.15, -0.1) is 0 Å². The minimum Gasteiger partial charge on any atom is -0.493 e.